The lowest BCUT2D eigenvalue weighted by molar-refractivity contribution is 0.131. The third-order valence-corrected chi connectivity index (χ3v) is 4.38. The predicted molar refractivity (Wildman–Crippen MR) is 102 cm³/mol. The molecule has 4 heteroatoms. The summed E-state index contributed by atoms with van der Waals surface area (Å²) in [4.78, 5) is 4.60. The Bertz CT molecular complexity index is 641. The number of hydrogen-bond acceptors (Lipinski definition) is 4. The normalized spacial score (nSPS) is 15.8. The summed E-state index contributed by atoms with van der Waals surface area (Å²) in [5.41, 5.74) is 3.74. The Morgan fingerprint density at radius 2 is 1.58 bits per heavy atom. The summed E-state index contributed by atoms with van der Waals surface area (Å²) < 4.78 is 0. The van der Waals surface area contributed by atoms with E-state index in [0.717, 1.165) is 38.3 Å². The zero-order chi connectivity index (χ0) is 16.8. The lowest BCUT2D eigenvalue weighted by Crippen LogP contribution is -2.43. The molecule has 0 unspecified atom stereocenters. The summed E-state index contributed by atoms with van der Waals surface area (Å²) >= 11 is 0. The van der Waals surface area contributed by atoms with E-state index in [1.54, 1.807) is 0 Å². The van der Waals surface area contributed by atoms with Crippen LogP contribution >= 0.6 is 0 Å². The van der Waals surface area contributed by atoms with Gasteiger partial charge in [-0.3, -0.25) is 9.91 Å². The lowest BCUT2D eigenvalue weighted by Gasteiger charge is -2.33. The van der Waals surface area contributed by atoms with E-state index in [1.807, 2.05) is 6.21 Å². The molecule has 0 atom stereocenters. The molecule has 0 N–H and O–H groups in total. The van der Waals surface area contributed by atoms with Crippen molar-refractivity contribution < 1.29 is 0 Å². The Hall–Kier alpha value is -2.33. The van der Waals surface area contributed by atoms with Gasteiger partial charge < -0.3 is 4.90 Å². The maximum absolute atomic E-state index is 4.64. The molecule has 1 saturated heterocycles. The van der Waals surface area contributed by atoms with Gasteiger partial charge in [0, 0.05) is 52.5 Å². The third-order valence-electron chi connectivity index (χ3n) is 4.38. The fraction of sp³-hybridized carbons (Fsp3) is 0.350. The van der Waals surface area contributed by atoms with Crippen molar-refractivity contribution in [3.05, 3.63) is 65.7 Å². The van der Waals surface area contributed by atoms with E-state index in [-0.39, 0.29) is 0 Å². The number of benzene rings is 2. The van der Waals surface area contributed by atoms with Crippen LogP contribution in [-0.2, 0) is 6.54 Å². The molecule has 0 aromatic heterocycles. The van der Waals surface area contributed by atoms with Crippen LogP contribution in [0.1, 0.15) is 11.1 Å². The van der Waals surface area contributed by atoms with Gasteiger partial charge in [0.25, 0.3) is 0 Å². The van der Waals surface area contributed by atoms with Crippen LogP contribution in [-0.4, -0.2) is 56.4 Å². The zero-order valence-corrected chi connectivity index (χ0v) is 14.6. The minimum atomic E-state index is 0.985. The van der Waals surface area contributed by atoms with Gasteiger partial charge in [-0.05, 0) is 23.3 Å². The fourth-order valence-corrected chi connectivity index (χ4v) is 2.86. The first-order valence-corrected chi connectivity index (χ1v) is 8.53. The molecule has 1 aliphatic heterocycles. The summed E-state index contributed by atoms with van der Waals surface area (Å²) in [7, 11) is 4.11. The van der Waals surface area contributed by atoms with E-state index >= 15 is 0 Å². The Kier molecular flexibility index (Phi) is 5.49. The van der Waals surface area contributed by atoms with Gasteiger partial charge >= 0.3 is 0 Å². The van der Waals surface area contributed by atoms with Crippen LogP contribution in [0.25, 0.3) is 0 Å². The first-order valence-electron chi connectivity index (χ1n) is 8.53. The van der Waals surface area contributed by atoms with Gasteiger partial charge in [0.15, 0.2) is 0 Å². The minimum absolute atomic E-state index is 0.985. The van der Waals surface area contributed by atoms with E-state index in [2.05, 4.69) is 88.6 Å². The first-order chi connectivity index (χ1) is 11.7. The van der Waals surface area contributed by atoms with E-state index < -0.39 is 0 Å². The summed E-state index contributed by atoms with van der Waals surface area (Å²) in [6, 6.07) is 19.2. The number of hydrazone groups is 1. The summed E-state index contributed by atoms with van der Waals surface area (Å²) in [5.74, 6) is 0. The van der Waals surface area contributed by atoms with Gasteiger partial charge in [0.05, 0.1) is 6.21 Å². The van der Waals surface area contributed by atoms with Crippen molar-refractivity contribution in [3.63, 3.8) is 0 Å². The summed E-state index contributed by atoms with van der Waals surface area (Å²) in [5, 5.41) is 6.81. The molecule has 2 aromatic carbocycles. The highest BCUT2D eigenvalue weighted by Gasteiger charge is 2.15. The van der Waals surface area contributed by atoms with E-state index in [4.69, 9.17) is 0 Å². The molecule has 4 nitrogen and oxygen atoms in total. The molecule has 24 heavy (non-hydrogen) atoms. The van der Waals surface area contributed by atoms with Gasteiger partial charge in [-0.1, -0.05) is 42.5 Å². The highest BCUT2D eigenvalue weighted by molar-refractivity contribution is 5.80. The van der Waals surface area contributed by atoms with Crippen molar-refractivity contribution in [2.75, 3.05) is 45.2 Å². The predicted octanol–water partition coefficient (Wildman–Crippen LogP) is 2.90. The average molecular weight is 322 g/mol. The highest BCUT2D eigenvalue weighted by Crippen LogP contribution is 2.12. The van der Waals surface area contributed by atoms with Crippen molar-refractivity contribution in [3.8, 4) is 0 Å². The molecule has 0 radical (unpaired) electrons. The maximum Gasteiger partial charge on any atom is 0.0542 e. The van der Waals surface area contributed by atoms with Crippen molar-refractivity contribution in [1.29, 1.82) is 0 Å². The van der Waals surface area contributed by atoms with Crippen molar-refractivity contribution in [2.24, 2.45) is 5.10 Å². The smallest absolute Gasteiger partial charge is 0.0542 e. The molecule has 3 rings (SSSR count). The largest absolute Gasteiger partial charge is 0.378 e. The van der Waals surface area contributed by atoms with Crippen LogP contribution < -0.4 is 4.90 Å². The number of rotatable bonds is 5. The second kappa shape index (κ2) is 7.97. The summed E-state index contributed by atoms with van der Waals surface area (Å²) in [6.07, 6.45) is 1.96. The Labute approximate surface area is 145 Å². The molecular weight excluding hydrogens is 296 g/mol. The first kappa shape index (κ1) is 16.5. The number of piperazine rings is 1. The van der Waals surface area contributed by atoms with Crippen molar-refractivity contribution >= 4 is 11.9 Å². The molecule has 1 heterocycles. The van der Waals surface area contributed by atoms with Crippen LogP contribution in [0.2, 0.25) is 0 Å². The molecular formula is C20H26N4. The van der Waals surface area contributed by atoms with Crippen LogP contribution in [0.5, 0.6) is 0 Å². The minimum Gasteiger partial charge on any atom is -0.378 e. The molecule has 0 aliphatic carbocycles. The molecule has 0 saturated carbocycles. The van der Waals surface area contributed by atoms with Gasteiger partial charge in [0.1, 0.15) is 0 Å². The van der Waals surface area contributed by atoms with Gasteiger partial charge in [-0.15, -0.1) is 0 Å². The number of anilines is 1. The molecule has 0 spiro atoms. The number of hydrogen-bond donors (Lipinski definition) is 0. The SMILES string of the molecule is CN(C)c1ccc(/C=N\N2CCN(Cc3ccccc3)CC2)cc1. The Morgan fingerprint density at radius 1 is 0.917 bits per heavy atom. The lowest BCUT2D eigenvalue weighted by atomic mass is 10.2. The molecule has 0 amide bonds. The summed E-state index contributed by atoms with van der Waals surface area (Å²) in [6.45, 7) is 5.13. The van der Waals surface area contributed by atoms with E-state index in [0.29, 0.717) is 0 Å². The zero-order valence-electron chi connectivity index (χ0n) is 14.6. The van der Waals surface area contributed by atoms with Gasteiger partial charge in [-0.25, -0.2) is 0 Å². The molecule has 1 fully saturated rings. The second-order valence-corrected chi connectivity index (χ2v) is 6.45. The van der Waals surface area contributed by atoms with Crippen LogP contribution in [0, 0.1) is 0 Å². The Balaban J connectivity index is 1.48. The monoisotopic (exact) mass is 322 g/mol. The fourth-order valence-electron chi connectivity index (χ4n) is 2.86. The Morgan fingerprint density at radius 3 is 2.21 bits per heavy atom. The van der Waals surface area contributed by atoms with Gasteiger partial charge in [-0.2, -0.15) is 5.10 Å². The highest BCUT2D eigenvalue weighted by atomic mass is 15.5. The van der Waals surface area contributed by atoms with Gasteiger partial charge in [0.2, 0.25) is 0 Å². The average Bonchev–Trinajstić information content (AvgIpc) is 2.62. The molecule has 0 bridgehead atoms. The molecule has 126 valence electrons. The standard InChI is InChI=1S/C20H26N4/c1-22(2)20-10-8-18(9-11-20)16-21-24-14-12-23(13-15-24)17-19-6-4-3-5-7-19/h3-11,16H,12-15,17H2,1-2H3/b21-16-. The molecule has 2 aromatic rings. The third kappa shape index (κ3) is 4.59. The van der Waals surface area contributed by atoms with Crippen LogP contribution in [0.3, 0.4) is 0 Å². The second-order valence-electron chi connectivity index (χ2n) is 6.45. The maximum atomic E-state index is 4.64. The van der Waals surface area contributed by atoms with E-state index in [9.17, 15) is 0 Å². The van der Waals surface area contributed by atoms with Crippen LogP contribution in [0.15, 0.2) is 59.7 Å². The van der Waals surface area contributed by atoms with Crippen molar-refractivity contribution in [2.45, 2.75) is 6.54 Å². The number of nitrogens with zero attached hydrogens (tertiary/aromatic N) is 4. The van der Waals surface area contributed by atoms with Crippen molar-refractivity contribution in [1.82, 2.24) is 9.91 Å². The van der Waals surface area contributed by atoms with Crippen LogP contribution in [0.4, 0.5) is 5.69 Å². The molecule has 1 aliphatic rings. The quantitative estimate of drug-likeness (QED) is 0.790. The van der Waals surface area contributed by atoms with E-state index in [1.165, 1.54) is 11.3 Å². The topological polar surface area (TPSA) is 22.1 Å².